The van der Waals surface area contributed by atoms with Gasteiger partial charge in [-0.15, -0.1) is 6.42 Å². The molecule has 0 aromatic carbocycles. The molecule has 1 fully saturated rings. The highest BCUT2D eigenvalue weighted by molar-refractivity contribution is 5.92. The van der Waals surface area contributed by atoms with Gasteiger partial charge in [-0.1, -0.05) is 5.92 Å². The summed E-state index contributed by atoms with van der Waals surface area (Å²) in [6.07, 6.45) is 4.03. The average Bonchev–Trinajstić information content (AvgIpc) is 3.22. The molecule has 5 unspecified atom stereocenters. The monoisotopic (exact) mass is 475 g/mol. The third-order valence-electron chi connectivity index (χ3n) is 5.27. The SMILES string of the molecule is C#Cc1cn(C2OC(CO)C(OC(=O)C(C)NC(=O)OC(C)(C)C)C2(C)O)c2ncnc(N)c12. The number of terminal acetylenes is 1. The number of nitrogens with zero attached hydrogens (tertiary/aromatic N) is 3. The number of nitrogen functional groups attached to an aromatic ring is 1. The molecular formula is C22H29N5O7. The molecule has 1 amide bonds. The number of hydrogen-bond donors (Lipinski definition) is 4. The maximum absolute atomic E-state index is 12.7. The van der Waals surface area contributed by atoms with E-state index in [0.29, 0.717) is 16.6 Å². The standard InChI is InChI=1S/C22H29N5O7/c1-7-12-8-27(17-14(12)16(23)24-10-25-17)19-22(6,31)15(13(9-28)32-19)33-18(29)11(2)26-20(30)34-21(3,4)5/h1,8,10-11,13,15,19,28,31H,9H2,2-6H3,(H,26,30)(H2,23,24,25). The molecule has 0 spiro atoms. The molecule has 2 aromatic rings. The Labute approximate surface area is 196 Å². The van der Waals surface area contributed by atoms with Crippen LogP contribution in [-0.2, 0) is 19.0 Å². The molecule has 2 aromatic heterocycles. The zero-order chi connectivity index (χ0) is 25.4. The Bertz CT molecular complexity index is 1130. The van der Waals surface area contributed by atoms with Crippen LogP contribution >= 0.6 is 0 Å². The number of alkyl carbamates (subject to hydrolysis) is 1. The zero-order valence-corrected chi connectivity index (χ0v) is 19.6. The van der Waals surface area contributed by atoms with Crippen LogP contribution in [0.1, 0.15) is 46.4 Å². The number of aliphatic hydroxyl groups is 2. The van der Waals surface area contributed by atoms with Gasteiger partial charge in [-0.05, 0) is 34.6 Å². The second-order valence-electron chi connectivity index (χ2n) is 9.21. The van der Waals surface area contributed by atoms with Crippen molar-refractivity contribution in [2.24, 2.45) is 0 Å². The van der Waals surface area contributed by atoms with Crippen LogP contribution in [0.5, 0.6) is 0 Å². The number of anilines is 1. The highest BCUT2D eigenvalue weighted by Crippen LogP contribution is 2.42. The zero-order valence-electron chi connectivity index (χ0n) is 19.6. The van der Waals surface area contributed by atoms with Gasteiger partial charge in [0, 0.05) is 6.20 Å². The third kappa shape index (κ3) is 4.77. The first-order valence-electron chi connectivity index (χ1n) is 10.6. The minimum absolute atomic E-state index is 0.151. The molecule has 0 radical (unpaired) electrons. The molecule has 1 saturated heterocycles. The van der Waals surface area contributed by atoms with E-state index in [4.69, 9.17) is 26.4 Å². The normalized spacial score (nSPS) is 25.5. The summed E-state index contributed by atoms with van der Waals surface area (Å²) in [5.74, 6) is 1.79. The summed E-state index contributed by atoms with van der Waals surface area (Å²) >= 11 is 0. The lowest BCUT2D eigenvalue weighted by Crippen LogP contribution is -2.50. The number of carbonyl (C=O) groups is 2. The largest absolute Gasteiger partial charge is 0.455 e. The number of nitrogens with two attached hydrogens (primary N) is 1. The van der Waals surface area contributed by atoms with Gasteiger partial charge < -0.3 is 40.0 Å². The van der Waals surface area contributed by atoms with Crippen LogP contribution < -0.4 is 11.1 Å². The van der Waals surface area contributed by atoms with Crippen molar-refractivity contribution >= 4 is 28.9 Å². The van der Waals surface area contributed by atoms with Crippen molar-refractivity contribution in [3.05, 3.63) is 18.1 Å². The molecule has 0 aliphatic carbocycles. The predicted octanol–water partition coefficient (Wildman–Crippen LogP) is 0.461. The number of hydrogen-bond acceptors (Lipinski definition) is 10. The lowest BCUT2D eigenvalue weighted by molar-refractivity contribution is -0.166. The summed E-state index contributed by atoms with van der Waals surface area (Å²) in [6.45, 7) is 7.29. The number of esters is 1. The van der Waals surface area contributed by atoms with E-state index in [1.807, 2.05) is 0 Å². The Balaban J connectivity index is 1.86. The van der Waals surface area contributed by atoms with Crippen molar-refractivity contribution in [3.8, 4) is 12.3 Å². The lowest BCUT2D eigenvalue weighted by atomic mass is 9.96. The maximum atomic E-state index is 12.7. The second-order valence-corrected chi connectivity index (χ2v) is 9.21. The maximum Gasteiger partial charge on any atom is 0.408 e. The van der Waals surface area contributed by atoms with Crippen LogP contribution in [0.2, 0.25) is 0 Å². The lowest BCUT2D eigenvalue weighted by Gasteiger charge is -2.31. The number of aromatic nitrogens is 3. The molecule has 1 aliphatic heterocycles. The molecule has 1 aliphatic rings. The van der Waals surface area contributed by atoms with Crippen LogP contribution in [-0.4, -0.2) is 72.9 Å². The second kappa shape index (κ2) is 9.09. The van der Waals surface area contributed by atoms with Crippen molar-refractivity contribution in [2.75, 3.05) is 12.3 Å². The van der Waals surface area contributed by atoms with Gasteiger partial charge in [0.25, 0.3) is 0 Å². The molecule has 5 N–H and O–H groups in total. The van der Waals surface area contributed by atoms with Gasteiger partial charge in [-0.25, -0.2) is 19.6 Å². The van der Waals surface area contributed by atoms with E-state index in [2.05, 4.69) is 21.2 Å². The molecule has 34 heavy (non-hydrogen) atoms. The summed E-state index contributed by atoms with van der Waals surface area (Å²) in [5, 5.41) is 24.0. The van der Waals surface area contributed by atoms with Crippen LogP contribution in [0.25, 0.3) is 11.0 Å². The van der Waals surface area contributed by atoms with E-state index in [-0.39, 0.29) is 5.82 Å². The van der Waals surface area contributed by atoms with Gasteiger partial charge in [0.1, 0.15) is 41.1 Å². The molecule has 0 bridgehead atoms. The number of rotatable bonds is 5. The number of nitrogens with one attached hydrogen (secondary N) is 1. The number of carbonyl (C=O) groups excluding carboxylic acids is 2. The van der Waals surface area contributed by atoms with Gasteiger partial charge in [0.15, 0.2) is 12.3 Å². The topological polar surface area (TPSA) is 171 Å². The van der Waals surface area contributed by atoms with Crippen LogP contribution in [0.15, 0.2) is 12.5 Å². The number of amides is 1. The number of fused-ring (bicyclic) bond motifs is 1. The first kappa shape index (κ1) is 25.2. The summed E-state index contributed by atoms with van der Waals surface area (Å²) in [6, 6.07) is -1.10. The van der Waals surface area contributed by atoms with E-state index in [1.165, 1.54) is 30.9 Å². The first-order valence-corrected chi connectivity index (χ1v) is 10.6. The summed E-state index contributed by atoms with van der Waals surface area (Å²) in [4.78, 5) is 32.8. The third-order valence-corrected chi connectivity index (χ3v) is 5.27. The summed E-state index contributed by atoms with van der Waals surface area (Å²) < 4.78 is 17.9. The minimum Gasteiger partial charge on any atom is -0.455 e. The van der Waals surface area contributed by atoms with E-state index in [1.54, 1.807) is 20.8 Å². The van der Waals surface area contributed by atoms with Gasteiger partial charge >= 0.3 is 12.1 Å². The molecule has 5 atom stereocenters. The fourth-order valence-corrected chi connectivity index (χ4v) is 3.74. The Hall–Kier alpha value is -3.40. The molecule has 3 heterocycles. The Kier molecular flexibility index (Phi) is 6.75. The molecule has 12 nitrogen and oxygen atoms in total. The highest BCUT2D eigenvalue weighted by atomic mass is 16.6. The van der Waals surface area contributed by atoms with Crippen molar-refractivity contribution in [3.63, 3.8) is 0 Å². The smallest absolute Gasteiger partial charge is 0.408 e. The molecular weight excluding hydrogens is 446 g/mol. The van der Waals surface area contributed by atoms with Gasteiger partial charge in [-0.3, -0.25) is 0 Å². The van der Waals surface area contributed by atoms with Crippen molar-refractivity contribution in [1.82, 2.24) is 19.9 Å². The van der Waals surface area contributed by atoms with Gasteiger partial charge in [0.05, 0.1) is 17.6 Å². The van der Waals surface area contributed by atoms with E-state index >= 15 is 0 Å². The Morgan fingerprint density at radius 3 is 2.71 bits per heavy atom. The fraction of sp³-hybridized carbons (Fsp3) is 0.545. The average molecular weight is 476 g/mol. The quantitative estimate of drug-likeness (QED) is 0.352. The predicted molar refractivity (Wildman–Crippen MR) is 120 cm³/mol. The number of aliphatic hydroxyl groups excluding tert-OH is 1. The van der Waals surface area contributed by atoms with Gasteiger partial charge in [0.2, 0.25) is 0 Å². The van der Waals surface area contributed by atoms with E-state index < -0.39 is 54.3 Å². The Morgan fingerprint density at radius 2 is 2.12 bits per heavy atom. The van der Waals surface area contributed by atoms with Crippen LogP contribution in [0, 0.1) is 12.3 Å². The highest BCUT2D eigenvalue weighted by Gasteiger charge is 2.56. The summed E-state index contributed by atoms with van der Waals surface area (Å²) in [7, 11) is 0. The molecule has 0 saturated carbocycles. The molecule has 3 rings (SSSR count). The van der Waals surface area contributed by atoms with Crippen molar-refractivity contribution in [2.45, 2.75) is 70.3 Å². The van der Waals surface area contributed by atoms with E-state index in [0.717, 1.165) is 0 Å². The molecule has 184 valence electrons. The van der Waals surface area contributed by atoms with Crippen LogP contribution in [0.4, 0.5) is 10.6 Å². The van der Waals surface area contributed by atoms with E-state index in [9.17, 15) is 19.8 Å². The number of ether oxygens (including phenoxy) is 3. The minimum atomic E-state index is -1.83. The van der Waals surface area contributed by atoms with Crippen molar-refractivity contribution in [1.29, 1.82) is 0 Å². The summed E-state index contributed by atoms with van der Waals surface area (Å²) in [5.41, 5.74) is 4.05. The molecule has 12 heteroatoms. The van der Waals surface area contributed by atoms with Crippen LogP contribution in [0.3, 0.4) is 0 Å². The first-order chi connectivity index (χ1) is 15.8. The van der Waals surface area contributed by atoms with Gasteiger partial charge in [-0.2, -0.15) is 0 Å². The Morgan fingerprint density at radius 1 is 1.44 bits per heavy atom. The fourth-order valence-electron chi connectivity index (χ4n) is 3.74. The van der Waals surface area contributed by atoms with Crippen molar-refractivity contribution < 1.29 is 34.0 Å².